The van der Waals surface area contributed by atoms with E-state index in [0.29, 0.717) is 59.3 Å². The minimum absolute atomic E-state index is 0.0251. The summed E-state index contributed by atoms with van der Waals surface area (Å²) in [6, 6.07) is 29.5. The standard InChI is InChI=1S/C32H26Cl2FN7O7S.C32H26Cl2FN7O4.C3H9N.O3S/c1-31(14-18-5-7-19(15-36)8-6-18)29(45)41(20-12-21(33)26(35)22(34)13-20)30-38-16-24(42(30)31)28(44)39-23(17-49-50(46,47)48)27(43)40-32(9-10-32)25-4-2-3-11-37-25;1-31(14-18-5-7-19(15-36)8-6-18)29(46)41(20-12-21(33)26(35)22(34)13-20)30-38-16-24(42(30)31)28(45)39-23(17-43)27(44)40-32(9-10-32)25-4-2-3-11-37-25;2*1-4(2)3/h2-8,11-13,16,23H,9-10,14,17H2,1H3,(H,39,44)(H,40,43)(H,46,47,48);2-8,11-13,16,23,43H,9-10,14,17H2,1H3,(H,39,45)(H,40,44);1-3H3;/t2*23-,31+;;/m00../s1. The minimum atomic E-state index is -5.03. The van der Waals surface area contributed by atoms with Crippen LogP contribution in [0.3, 0.4) is 0 Å². The van der Waals surface area contributed by atoms with Crippen molar-refractivity contribution in [3.05, 3.63) is 211 Å². The summed E-state index contributed by atoms with van der Waals surface area (Å²) in [6.07, 6.45) is 7.96. The molecule has 542 valence electrons. The molecular formula is C67H61Cl4F2N15O14S2. The predicted octanol–water partition coefficient (Wildman–Crippen LogP) is 7.26. The first-order valence-corrected chi connectivity index (χ1v) is 34.8. The first kappa shape index (κ1) is 78.0. The molecule has 6 amide bonds. The number of anilines is 4. The fourth-order valence-corrected chi connectivity index (χ4v) is 12.8. The number of halogens is 6. The summed E-state index contributed by atoms with van der Waals surface area (Å²) >= 11 is 24.3. The van der Waals surface area contributed by atoms with Crippen molar-refractivity contribution in [1.29, 1.82) is 10.5 Å². The number of fused-ring (bicyclic) bond motifs is 2. The van der Waals surface area contributed by atoms with Crippen molar-refractivity contribution in [3.63, 3.8) is 0 Å². The lowest BCUT2D eigenvalue weighted by Gasteiger charge is -2.27. The molecule has 12 rings (SSSR count). The smallest absolute Gasteiger partial charge is 0.394 e. The average Bonchev–Trinajstić information content (AvgIpc) is 1.56. The third-order valence-corrected chi connectivity index (χ3v) is 18.3. The number of amides is 6. The number of hydrogen-bond acceptors (Lipinski definition) is 20. The summed E-state index contributed by atoms with van der Waals surface area (Å²) < 4.78 is 93.5. The van der Waals surface area contributed by atoms with Crippen molar-refractivity contribution in [2.45, 2.75) is 86.6 Å². The summed E-state index contributed by atoms with van der Waals surface area (Å²) in [5.74, 6) is -6.09. The Bertz CT molecular complexity index is 4940. The third kappa shape index (κ3) is 17.2. The van der Waals surface area contributed by atoms with Gasteiger partial charge in [-0.1, -0.05) is 82.8 Å². The number of nitriles is 2. The number of benzene rings is 4. The molecule has 4 atom stereocenters. The minimum Gasteiger partial charge on any atom is -0.394 e. The predicted molar refractivity (Wildman–Crippen MR) is 372 cm³/mol. The van der Waals surface area contributed by atoms with Crippen molar-refractivity contribution < 1.29 is 72.4 Å². The topological polar surface area (TPSA) is 404 Å². The van der Waals surface area contributed by atoms with Crippen LogP contribution < -0.4 is 31.1 Å². The Hall–Kier alpha value is -10.2. The maximum Gasteiger partial charge on any atom is 0.425 e. The van der Waals surface area contributed by atoms with Crippen molar-refractivity contribution in [3.8, 4) is 12.1 Å². The van der Waals surface area contributed by atoms with Gasteiger partial charge in [-0.25, -0.2) is 32.7 Å². The molecule has 2 fully saturated rings. The fraction of sp³-hybridized carbons (Fsp3) is 0.284. The number of pyridine rings is 2. The molecule has 4 aliphatic rings. The zero-order chi connectivity index (χ0) is 76.0. The Morgan fingerprint density at radius 2 is 0.971 bits per heavy atom. The maximum absolute atomic E-state index is 14.4. The van der Waals surface area contributed by atoms with E-state index in [1.165, 1.54) is 51.4 Å². The van der Waals surface area contributed by atoms with Gasteiger partial charge in [0, 0.05) is 25.2 Å². The molecule has 0 spiro atoms. The second-order valence-corrected chi connectivity index (χ2v) is 28.0. The maximum atomic E-state index is 14.4. The lowest BCUT2D eigenvalue weighted by Crippen LogP contribution is -2.53. The highest BCUT2D eigenvalue weighted by molar-refractivity contribution is 7.80. The van der Waals surface area contributed by atoms with Crippen LogP contribution in [0.1, 0.15) is 94.1 Å². The molecule has 29 nitrogen and oxygen atoms in total. The lowest BCUT2D eigenvalue weighted by molar-refractivity contribution is -0.125. The highest BCUT2D eigenvalue weighted by Gasteiger charge is 2.54. The summed E-state index contributed by atoms with van der Waals surface area (Å²) in [7, 11) is -2.14. The summed E-state index contributed by atoms with van der Waals surface area (Å²) in [6.45, 7) is 1.48. The van der Waals surface area contributed by atoms with Crippen LogP contribution in [-0.4, -0.2) is 147 Å². The van der Waals surface area contributed by atoms with Crippen LogP contribution in [0.2, 0.25) is 20.1 Å². The molecule has 6 N–H and O–H groups in total. The van der Waals surface area contributed by atoms with Gasteiger partial charge in [0.25, 0.3) is 23.6 Å². The van der Waals surface area contributed by atoms with Gasteiger partial charge in [-0.2, -0.15) is 18.9 Å². The van der Waals surface area contributed by atoms with Crippen molar-refractivity contribution in [1.82, 2.24) is 55.2 Å². The van der Waals surface area contributed by atoms with Gasteiger partial charge in [0.15, 0.2) is 11.6 Å². The fourth-order valence-electron chi connectivity index (χ4n) is 11.5. The number of aliphatic hydroxyl groups excluding tert-OH is 1. The van der Waals surface area contributed by atoms with Crippen molar-refractivity contribution >= 4 is 126 Å². The van der Waals surface area contributed by atoms with Gasteiger partial charge in [0.05, 0.1) is 103 Å². The molecule has 37 heteroatoms. The van der Waals surface area contributed by atoms with Crippen LogP contribution in [0, 0.1) is 34.3 Å². The van der Waals surface area contributed by atoms with E-state index in [1.807, 2.05) is 44.2 Å². The first-order chi connectivity index (χ1) is 49.1. The van der Waals surface area contributed by atoms with Gasteiger partial charge < -0.3 is 31.3 Å². The largest absolute Gasteiger partial charge is 0.425 e. The molecule has 2 saturated carbocycles. The number of imidazole rings is 2. The van der Waals surface area contributed by atoms with Gasteiger partial charge in [-0.05, 0) is 145 Å². The van der Waals surface area contributed by atoms with Crippen LogP contribution in [-0.2, 0) is 79.4 Å². The molecule has 8 aromatic rings. The second-order valence-electron chi connectivity index (χ2n) is 24.9. The summed E-state index contributed by atoms with van der Waals surface area (Å²) in [4.78, 5) is 105. The second kappa shape index (κ2) is 31.8. The van der Waals surface area contributed by atoms with Crippen LogP contribution in [0.15, 0.2) is 134 Å². The van der Waals surface area contributed by atoms with Crippen LogP contribution in [0.25, 0.3) is 0 Å². The third-order valence-electron chi connectivity index (χ3n) is 16.7. The monoisotopic (exact) mass is 1540 g/mol. The lowest BCUT2D eigenvalue weighted by atomic mass is 9.91. The van der Waals surface area contributed by atoms with Crippen molar-refractivity contribution in [2.75, 3.05) is 44.2 Å². The number of nitrogens with zero attached hydrogens (tertiary/aromatic N) is 11. The molecule has 2 aliphatic carbocycles. The molecular weight excluding hydrogens is 1480 g/mol. The quantitative estimate of drug-likeness (QED) is 0.0323. The molecule has 104 heavy (non-hydrogen) atoms. The first-order valence-electron chi connectivity index (χ1n) is 31.0. The molecule has 4 aromatic carbocycles. The number of hydrogen-bond donors (Lipinski definition) is 6. The Kier molecular flexibility index (Phi) is 23.9. The van der Waals surface area contributed by atoms with Gasteiger partial charge >= 0.3 is 21.0 Å². The van der Waals surface area contributed by atoms with Crippen LogP contribution in [0.5, 0.6) is 0 Å². The number of nitrogens with one attached hydrogen (secondary N) is 4. The normalized spacial score (nSPS) is 17.5. The number of aromatic nitrogens is 6. The molecule has 4 aromatic heterocycles. The SMILES string of the molecule is CN(C)C.C[C@@]1(Cc2ccc(C#N)cc2)C(=O)N(c2cc(Cl)c(F)c(Cl)c2)c2ncc(C(=O)N[C@@H](CO)C(=O)NC3(c4ccccn4)CC3)n21.C[C@@]1(Cc2ccc(C#N)cc2)C(=O)N(c2cc(Cl)c(F)c(Cl)c2)c2ncc(C(=O)N[C@@H](COS(=O)(=O)O)C(=O)NC3(c4ccccn4)CC3)n21.O=S(=O)=O. The highest BCUT2D eigenvalue weighted by atomic mass is 35.5. The molecule has 0 saturated heterocycles. The highest BCUT2D eigenvalue weighted by Crippen LogP contribution is 2.48. The number of rotatable bonds is 20. The van der Waals surface area contributed by atoms with E-state index >= 15 is 0 Å². The molecule has 2 aliphatic heterocycles. The van der Waals surface area contributed by atoms with Crippen LogP contribution >= 0.6 is 46.4 Å². The molecule has 0 bridgehead atoms. The zero-order valence-electron chi connectivity index (χ0n) is 55.3. The van der Waals surface area contributed by atoms with E-state index in [4.69, 9.17) is 59.0 Å². The van der Waals surface area contributed by atoms with E-state index in [0.717, 1.165) is 11.1 Å². The van der Waals surface area contributed by atoms with Gasteiger partial charge in [-0.15, -0.1) is 12.6 Å². The molecule has 6 heterocycles. The van der Waals surface area contributed by atoms with Gasteiger partial charge in [0.2, 0.25) is 23.7 Å². The van der Waals surface area contributed by atoms with Crippen LogP contribution in [0.4, 0.5) is 32.1 Å². The number of carbonyl (C=O) groups excluding carboxylic acids is 6. The number of aliphatic hydroxyl groups is 1. The van der Waals surface area contributed by atoms with Gasteiger partial charge in [-0.3, -0.25) is 52.4 Å². The number of carbonyl (C=O) groups is 6. The van der Waals surface area contributed by atoms with E-state index in [-0.39, 0.29) is 67.6 Å². The van der Waals surface area contributed by atoms with E-state index in [1.54, 1.807) is 98.2 Å². The Morgan fingerprint density at radius 1 is 0.625 bits per heavy atom. The summed E-state index contributed by atoms with van der Waals surface area (Å²) in [5, 5.41) is 37.9. The Morgan fingerprint density at radius 3 is 1.28 bits per heavy atom. The summed E-state index contributed by atoms with van der Waals surface area (Å²) in [5.41, 5.74) is -1.38. The zero-order valence-corrected chi connectivity index (χ0v) is 60.0. The van der Waals surface area contributed by atoms with E-state index < -0.39 is 116 Å². The average molecular weight is 1540 g/mol. The molecule has 0 radical (unpaired) electrons. The Labute approximate surface area is 614 Å². The van der Waals surface area contributed by atoms with E-state index in [9.17, 15) is 66.1 Å². The molecule has 0 unspecified atom stereocenters. The van der Waals surface area contributed by atoms with Gasteiger partial charge in [0.1, 0.15) is 34.5 Å². The van der Waals surface area contributed by atoms with E-state index in [2.05, 4.69) is 45.4 Å². The Balaban J connectivity index is 0.000000219. The van der Waals surface area contributed by atoms with Crippen molar-refractivity contribution in [2.24, 2.45) is 0 Å².